The number of ether oxygens (including phenoxy) is 2. The molecule has 0 fully saturated rings. The van der Waals surface area contributed by atoms with Gasteiger partial charge >= 0.3 is 0 Å². The van der Waals surface area contributed by atoms with E-state index in [1.54, 1.807) is 0 Å². The molecule has 0 aromatic heterocycles. The summed E-state index contributed by atoms with van der Waals surface area (Å²) in [6.45, 7) is 3.60. The number of hydrogen-bond donors (Lipinski definition) is 4. The molecule has 0 radical (unpaired) electrons. The van der Waals surface area contributed by atoms with Crippen LogP contribution in [0.1, 0.15) is 65.2 Å². The van der Waals surface area contributed by atoms with Gasteiger partial charge in [0.25, 0.3) is 0 Å². The van der Waals surface area contributed by atoms with E-state index in [4.69, 9.17) is 14.6 Å². The highest BCUT2D eigenvalue weighted by Gasteiger charge is 2.25. The molecule has 0 saturated heterocycles. The Bertz CT molecular complexity index is 235. The van der Waals surface area contributed by atoms with Crippen LogP contribution >= 0.6 is 0 Å². The van der Waals surface area contributed by atoms with Crippen LogP contribution in [0.4, 0.5) is 0 Å². The lowest BCUT2D eigenvalue weighted by Crippen LogP contribution is -2.41. The van der Waals surface area contributed by atoms with Gasteiger partial charge in [0.15, 0.2) is 0 Å². The Kier molecular flexibility index (Phi) is 14.2. The van der Waals surface area contributed by atoms with Gasteiger partial charge < -0.3 is 29.9 Å². The Labute approximate surface area is 134 Å². The van der Waals surface area contributed by atoms with Crippen LogP contribution in [-0.4, -0.2) is 58.4 Å². The van der Waals surface area contributed by atoms with Crippen LogP contribution in [0.3, 0.4) is 0 Å². The van der Waals surface area contributed by atoms with Gasteiger partial charge in [0.2, 0.25) is 12.6 Å². The predicted molar refractivity (Wildman–Crippen MR) is 84.2 cm³/mol. The van der Waals surface area contributed by atoms with Crippen LogP contribution in [0.5, 0.6) is 0 Å². The number of unbranched alkanes of at least 4 members (excludes halogenated alkanes) is 7. The zero-order chi connectivity index (χ0) is 16.8. The molecule has 0 bridgehead atoms. The third-order valence-electron chi connectivity index (χ3n) is 3.55. The molecule has 22 heavy (non-hydrogen) atoms. The SMILES string of the molecule is CCCCCCCCCCOC(OC(CO)[C@H](C)O)C(O)O. The lowest BCUT2D eigenvalue weighted by molar-refractivity contribution is -0.280. The lowest BCUT2D eigenvalue weighted by Gasteiger charge is -2.26. The van der Waals surface area contributed by atoms with Gasteiger partial charge in [0.1, 0.15) is 6.10 Å². The number of hydrogen-bond acceptors (Lipinski definition) is 6. The van der Waals surface area contributed by atoms with Gasteiger partial charge in [-0.1, -0.05) is 51.9 Å². The summed E-state index contributed by atoms with van der Waals surface area (Å²) in [5.41, 5.74) is 0. The highest BCUT2D eigenvalue weighted by atomic mass is 16.7. The zero-order valence-electron chi connectivity index (χ0n) is 14.0. The molecule has 0 heterocycles. The molecule has 0 aromatic rings. The molecule has 6 heteroatoms. The summed E-state index contributed by atoms with van der Waals surface area (Å²) >= 11 is 0. The van der Waals surface area contributed by atoms with E-state index < -0.39 is 31.4 Å². The van der Waals surface area contributed by atoms with Gasteiger partial charge in [-0.25, -0.2) is 0 Å². The molecule has 2 unspecified atom stereocenters. The van der Waals surface area contributed by atoms with Gasteiger partial charge in [-0.15, -0.1) is 0 Å². The van der Waals surface area contributed by atoms with Gasteiger partial charge in [-0.2, -0.15) is 0 Å². The molecular weight excluding hydrogens is 288 g/mol. The summed E-state index contributed by atoms with van der Waals surface area (Å²) in [4.78, 5) is 0. The molecule has 0 rings (SSSR count). The minimum atomic E-state index is -1.80. The maximum absolute atomic E-state index is 9.37. The van der Waals surface area contributed by atoms with Crippen LogP contribution in [0.15, 0.2) is 0 Å². The molecule has 0 aliphatic heterocycles. The average molecular weight is 322 g/mol. The van der Waals surface area contributed by atoms with E-state index in [0.717, 1.165) is 19.3 Å². The standard InChI is InChI=1S/C16H34O6/c1-3-4-5-6-7-8-9-10-11-21-16(15(19)20)22-14(12-17)13(2)18/h13-20H,3-12H2,1-2H3/t13-,14?,16?/m0/s1. The molecule has 0 saturated carbocycles. The van der Waals surface area contributed by atoms with Crippen LogP contribution in [0, 0.1) is 0 Å². The second kappa shape index (κ2) is 14.4. The van der Waals surface area contributed by atoms with Gasteiger partial charge in [0.05, 0.1) is 12.7 Å². The molecule has 0 aliphatic carbocycles. The molecule has 134 valence electrons. The van der Waals surface area contributed by atoms with Gasteiger partial charge in [-0.05, 0) is 13.3 Å². The van der Waals surface area contributed by atoms with Crippen LogP contribution in [0.2, 0.25) is 0 Å². The van der Waals surface area contributed by atoms with Gasteiger partial charge in [0, 0.05) is 6.61 Å². The second-order valence-corrected chi connectivity index (χ2v) is 5.73. The first kappa shape index (κ1) is 21.8. The van der Waals surface area contributed by atoms with Crippen LogP contribution < -0.4 is 0 Å². The fourth-order valence-electron chi connectivity index (χ4n) is 2.11. The van der Waals surface area contributed by atoms with E-state index in [2.05, 4.69) is 6.92 Å². The van der Waals surface area contributed by atoms with Gasteiger partial charge in [-0.3, -0.25) is 0 Å². The predicted octanol–water partition coefficient (Wildman–Crippen LogP) is 1.54. The number of aliphatic hydroxyl groups excluding tert-OH is 3. The largest absolute Gasteiger partial charge is 0.394 e. The zero-order valence-corrected chi connectivity index (χ0v) is 14.0. The van der Waals surface area contributed by atoms with Crippen molar-refractivity contribution in [3.63, 3.8) is 0 Å². The van der Waals surface area contributed by atoms with E-state index in [-0.39, 0.29) is 0 Å². The Balaban J connectivity index is 3.74. The molecule has 0 aromatic carbocycles. The van der Waals surface area contributed by atoms with Crippen molar-refractivity contribution in [3.8, 4) is 0 Å². The summed E-state index contributed by atoms with van der Waals surface area (Å²) in [6.07, 6.45) is 4.44. The molecule has 0 amide bonds. The third kappa shape index (κ3) is 11.3. The van der Waals surface area contributed by atoms with E-state index in [1.165, 1.54) is 39.0 Å². The van der Waals surface area contributed by atoms with Crippen molar-refractivity contribution >= 4 is 0 Å². The van der Waals surface area contributed by atoms with Crippen molar-refractivity contribution < 1.29 is 29.9 Å². The highest BCUT2D eigenvalue weighted by molar-refractivity contribution is 4.64. The minimum absolute atomic E-state index is 0.356. The Morgan fingerprint density at radius 2 is 1.41 bits per heavy atom. The Morgan fingerprint density at radius 3 is 1.86 bits per heavy atom. The Hall–Kier alpha value is -0.240. The van der Waals surface area contributed by atoms with E-state index in [9.17, 15) is 15.3 Å². The lowest BCUT2D eigenvalue weighted by atomic mass is 10.1. The average Bonchev–Trinajstić information content (AvgIpc) is 2.47. The minimum Gasteiger partial charge on any atom is -0.394 e. The highest BCUT2D eigenvalue weighted by Crippen LogP contribution is 2.11. The fraction of sp³-hybridized carbons (Fsp3) is 1.00. The first-order valence-corrected chi connectivity index (χ1v) is 8.45. The van der Waals surface area contributed by atoms with E-state index in [1.807, 2.05) is 0 Å². The maximum Gasteiger partial charge on any atom is 0.209 e. The summed E-state index contributed by atoms with van der Waals surface area (Å²) in [5.74, 6) is 0. The summed E-state index contributed by atoms with van der Waals surface area (Å²) < 4.78 is 10.5. The van der Waals surface area contributed by atoms with E-state index >= 15 is 0 Å². The van der Waals surface area contributed by atoms with Crippen LogP contribution in [0.25, 0.3) is 0 Å². The molecule has 4 N–H and O–H groups in total. The van der Waals surface area contributed by atoms with Crippen molar-refractivity contribution in [1.82, 2.24) is 0 Å². The molecular formula is C16H34O6. The molecule has 0 aliphatic rings. The topological polar surface area (TPSA) is 99.4 Å². The van der Waals surface area contributed by atoms with Crippen LogP contribution in [-0.2, 0) is 9.47 Å². The number of aliphatic hydroxyl groups is 4. The summed E-state index contributed by atoms with van der Waals surface area (Å²) in [7, 11) is 0. The second-order valence-electron chi connectivity index (χ2n) is 5.73. The molecule has 0 spiro atoms. The first-order chi connectivity index (χ1) is 10.5. The molecule has 3 atom stereocenters. The van der Waals surface area contributed by atoms with Crippen molar-refractivity contribution in [2.75, 3.05) is 13.2 Å². The van der Waals surface area contributed by atoms with Crippen molar-refractivity contribution in [1.29, 1.82) is 0 Å². The monoisotopic (exact) mass is 322 g/mol. The smallest absolute Gasteiger partial charge is 0.209 e. The third-order valence-corrected chi connectivity index (χ3v) is 3.55. The van der Waals surface area contributed by atoms with Crippen molar-refractivity contribution in [2.45, 2.75) is 90.0 Å². The number of rotatable bonds is 15. The first-order valence-electron chi connectivity index (χ1n) is 8.45. The normalized spacial score (nSPS) is 16.0. The fourth-order valence-corrected chi connectivity index (χ4v) is 2.11. The maximum atomic E-state index is 9.37. The summed E-state index contributed by atoms with van der Waals surface area (Å²) in [6, 6.07) is 0. The van der Waals surface area contributed by atoms with Crippen molar-refractivity contribution in [2.24, 2.45) is 0 Å². The quantitative estimate of drug-likeness (QED) is 0.270. The summed E-state index contributed by atoms with van der Waals surface area (Å²) in [5, 5.41) is 36.8. The van der Waals surface area contributed by atoms with Crippen molar-refractivity contribution in [3.05, 3.63) is 0 Å². The molecule has 6 nitrogen and oxygen atoms in total. The Morgan fingerprint density at radius 1 is 0.864 bits per heavy atom. The van der Waals surface area contributed by atoms with E-state index in [0.29, 0.717) is 6.61 Å².